The molecule has 176 valence electrons. The third-order valence-electron chi connectivity index (χ3n) is 5.86. The Hall–Kier alpha value is -2.49. The summed E-state index contributed by atoms with van der Waals surface area (Å²) < 4.78 is 44.9. The van der Waals surface area contributed by atoms with Crippen LogP contribution in [0.5, 0.6) is 0 Å². The zero-order valence-corrected chi connectivity index (χ0v) is 20.6. The summed E-state index contributed by atoms with van der Waals surface area (Å²) in [6.45, 7) is 7.05. The van der Waals surface area contributed by atoms with Crippen LogP contribution in [-0.4, -0.2) is 29.7 Å². The Balaban J connectivity index is 1.72. The molecule has 2 aromatic carbocycles. The molecule has 3 aromatic rings. The molecule has 1 aliphatic heterocycles. The molecule has 0 aliphatic carbocycles. The molecule has 0 saturated carbocycles. The maximum absolute atomic E-state index is 14.4. The van der Waals surface area contributed by atoms with Crippen LogP contribution in [0.3, 0.4) is 0 Å². The highest BCUT2D eigenvalue weighted by atomic mass is 35.5. The van der Waals surface area contributed by atoms with E-state index in [1.165, 1.54) is 6.07 Å². The Labute approximate surface area is 198 Å². The van der Waals surface area contributed by atoms with Crippen LogP contribution < -0.4 is 10.0 Å². The van der Waals surface area contributed by atoms with Gasteiger partial charge in [-0.2, -0.15) is 0 Å². The number of halogens is 2. The van der Waals surface area contributed by atoms with Crippen molar-refractivity contribution in [2.75, 3.05) is 11.3 Å². The molecule has 2 N–H and O–H groups in total. The molecule has 4 rings (SSSR count). The summed E-state index contributed by atoms with van der Waals surface area (Å²) in [6.07, 6.45) is 1.97. The Morgan fingerprint density at radius 3 is 2.48 bits per heavy atom. The average Bonchev–Trinajstić information content (AvgIpc) is 3.39. The first kappa shape index (κ1) is 23.7. The van der Waals surface area contributed by atoms with Crippen molar-refractivity contribution in [3.8, 4) is 11.4 Å². The number of benzene rings is 2. The van der Waals surface area contributed by atoms with Crippen molar-refractivity contribution in [3.63, 3.8) is 0 Å². The van der Waals surface area contributed by atoms with Crippen LogP contribution in [0.4, 0.5) is 10.1 Å². The third kappa shape index (κ3) is 4.76. The first-order valence-electron chi connectivity index (χ1n) is 10.7. The van der Waals surface area contributed by atoms with E-state index in [1.807, 2.05) is 20.8 Å². The number of hydrogen-bond acceptors (Lipinski definition) is 5. The van der Waals surface area contributed by atoms with E-state index in [0.29, 0.717) is 11.4 Å². The van der Waals surface area contributed by atoms with Crippen molar-refractivity contribution in [2.45, 2.75) is 50.0 Å². The van der Waals surface area contributed by atoms with E-state index in [2.05, 4.69) is 20.2 Å². The summed E-state index contributed by atoms with van der Waals surface area (Å²) in [6, 6.07) is 9.15. The molecule has 1 aromatic heterocycles. The third-order valence-corrected chi connectivity index (χ3v) is 7.53. The first-order valence-corrected chi connectivity index (χ1v) is 12.6. The minimum Gasteiger partial charge on any atom is -0.313 e. The van der Waals surface area contributed by atoms with Crippen LogP contribution in [0.25, 0.3) is 11.4 Å². The van der Waals surface area contributed by atoms with Gasteiger partial charge in [0.25, 0.3) is 10.0 Å². The van der Waals surface area contributed by atoms with Gasteiger partial charge in [0.15, 0.2) is 5.82 Å². The summed E-state index contributed by atoms with van der Waals surface area (Å²) in [4.78, 5) is 0.0746. The van der Waals surface area contributed by atoms with Crippen LogP contribution in [-0.2, 0) is 22.5 Å². The van der Waals surface area contributed by atoms with Crippen LogP contribution in [0.2, 0.25) is 5.02 Å². The molecule has 1 atom stereocenters. The highest BCUT2D eigenvalue weighted by Crippen LogP contribution is 2.35. The van der Waals surface area contributed by atoms with Gasteiger partial charge in [-0.1, -0.05) is 44.5 Å². The Bertz CT molecular complexity index is 1280. The molecule has 1 unspecified atom stereocenters. The summed E-state index contributed by atoms with van der Waals surface area (Å²) in [5, 5.41) is 11.8. The maximum atomic E-state index is 14.4. The molecule has 2 heterocycles. The van der Waals surface area contributed by atoms with E-state index in [9.17, 15) is 12.8 Å². The SMILES string of the molecule is Cn1c(-c2cc(Cl)c(F)cc2NS(=O)(=O)c2ccc(C(C)(C)C)cc2)nnc1C1CCCN1. The molecule has 10 heteroatoms. The van der Waals surface area contributed by atoms with Crippen molar-refractivity contribution in [3.05, 3.63) is 58.6 Å². The number of nitrogens with zero attached hydrogens (tertiary/aromatic N) is 3. The molecule has 1 aliphatic rings. The van der Waals surface area contributed by atoms with E-state index in [4.69, 9.17) is 11.6 Å². The largest absolute Gasteiger partial charge is 0.313 e. The number of sulfonamides is 1. The minimum absolute atomic E-state index is 0.0400. The normalized spacial score (nSPS) is 16.8. The van der Waals surface area contributed by atoms with Crippen LogP contribution in [0.1, 0.15) is 51.0 Å². The van der Waals surface area contributed by atoms with Gasteiger partial charge in [0.1, 0.15) is 11.6 Å². The van der Waals surface area contributed by atoms with Gasteiger partial charge in [-0.3, -0.25) is 4.72 Å². The van der Waals surface area contributed by atoms with Crippen molar-refractivity contribution in [1.29, 1.82) is 0 Å². The summed E-state index contributed by atoms with van der Waals surface area (Å²) >= 11 is 6.05. The minimum atomic E-state index is -3.99. The second kappa shape index (κ2) is 8.70. The fraction of sp³-hybridized carbons (Fsp3) is 0.391. The predicted molar refractivity (Wildman–Crippen MR) is 127 cm³/mol. The van der Waals surface area contributed by atoms with Gasteiger partial charge < -0.3 is 9.88 Å². The fourth-order valence-electron chi connectivity index (χ4n) is 3.94. The number of nitrogens with one attached hydrogen (secondary N) is 2. The van der Waals surface area contributed by atoms with Gasteiger partial charge in [0.05, 0.1) is 21.6 Å². The predicted octanol–water partition coefficient (Wildman–Crippen LogP) is 4.80. The van der Waals surface area contributed by atoms with E-state index >= 15 is 0 Å². The Morgan fingerprint density at radius 1 is 1.18 bits per heavy atom. The Kier molecular flexibility index (Phi) is 6.24. The second-order valence-corrected chi connectivity index (χ2v) is 11.4. The zero-order chi connectivity index (χ0) is 24.0. The van der Waals surface area contributed by atoms with Gasteiger partial charge in [-0.05, 0) is 48.6 Å². The van der Waals surface area contributed by atoms with Gasteiger partial charge in [-0.15, -0.1) is 10.2 Å². The topological polar surface area (TPSA) is 88.9 Å². The van der Waals surface area contributed by atoms with Gasteiger partial charge >= 0.3 is 0 Å². The highest BCUT2D eigenvalue weighted by Gasteiger charge is 2.26. The lowest BCUT2D eigenvalue weighted by Crippen LogP contribution is -2.17. The van der Waals surface area contributed by atoms with Crippen LogP contribution in [0.15, 0.2) is 41.3 Å². The summed E-state index contributed by atoms with van der Waals surface area (Å²) in [5.41, 5.74) is 1.28. The number of aromatic nitrogens is 3. The van der Waals surface area contributed by atoms with Gasteiger partial charge in [0, 0.05) is 18.7 Å². The molecule has 7 nitrogen and oxygen atoms in total. The Morgan fingerprint density at radius 2 is 1.88 bits per heavy atom. The van der Waals surface area contributed by atoms with Gasteiger partial charge in [0.2, 0.25) is 0 Å². The molecule has 0 bridgehead atoms. The van der Waals surface area contributed by atoms with E-state index in [1.54, 1.807) is 35.9 Å². The zero-order valence-electron chi connectivity index (χ0n) is 19.0. The number of hydrogen-bond donors (Lipinski definition) is 2. The van der Waals surface area contributed by atoms with Crippen LogP contribution >= 0.6 is 11.6 Å². The molecule has 0 spiro atoms. The highest BCUT2D eigenvalue weighted by molar-refractivity contribution is 7.92. The van der Waals surface area contributed by atoms with Crippen molar-refractivity contribution in [2.24, 2.45) is 7.05 Å². The molecule has 1 fully saturated rings. The fourth-order valence-corrected chi connectivity index (χ4v) is 5.17. The summed E-state index contributed by atoms with van der Waals surface area (Å²) in [5.74, 6) is 0.386. The molecule has 0 radical (unpaired) electrons. The average molecular weight is 492 g/mol. The van der Waals surface area contributed by atoms with E-state index in [0.717, 1.165) is 36.8 Å². The first-order chi connectivity index (χ1) is 15.5. The number of anilines is 1. The lowest BCUT2D eigenvalue weighted by molar-refractivity contribution is 0.578. The summed E-state index contributed by atoms with van der Waals surface area (Å²) in [7, 11) is -2.19. The second-order valence-electron chi connectivity index (χ2n) is 9.28. The lowest BCUT2D eigenvalue weighted by atomic mass is 9.87. The maximum Gasteiger partial charge on any atom is 0.261 e. The molecular formula is C23H27ClFN5O2S. The van der Waals surface area contributed by atoms with Crippen molar-refractivity contribution in [1.82, 2.24) is 20.1 Å². The smallest absolute Gasteiger partial charge is 0.261 e. The molecule has 0 amide bonds. The monoisotopic (exact) mass is 491 g/mol. The standard InChI is InChI=1S/C23H27ClFN5O2S/c1-23(2,3)14-7-9-15(10-8-14)33(31,32)29-20-13-18(25)17(24)12-16(20)21-27-28-22(30(21)4)19-6-5-11-26-19/h7-10,12-13,19,26,29H,5-6,11H2,1-4H3. The number of rotatable bonds is 5. The lowest BCUT2D eigenvalue weighted by Gasteiger charge is -2.19. The van der Waals surface area contributed by atoms with Crippen molar-refractivity contribution >= 4 is 27.3 Å². The quantitative estimate of drug-likeness (QED) is 0.535. The molecular weight excluding hydrogens is 465 g/mol. The molecule has 33 heavy (non-hydrogen) atoms. The van der Waals surface area contributed by atoms with Gasteiger partial charge in [-0.25, -0.2) is 12.8 Å². The van der Waals surface area contributed by atoms with Crippen molar-refractivity contribution < 1.29 is 12.8 Å². The van der Waals surface area contributed by atoms with Crippen LogP contribution in [0, 0.1) is 5.82 Å². The molecule has 1 saturated heterocycles. The van der Waals surface area contributed by atoms with E-state index in [-0.39, 0.29) is 27.1 Å². The van der Waals surface area contributed by atoms with E-state index < -0.39 is 15.8 Å².